The molecule has 0 aromatic carbocycles. The lowest BCUT2D eigenvalue weighted by Gasteiger charge is -2.00. The second-order valence-electron chi connectivity index (χ2n) is 2.30. The van der Waals surface area contributed by atoms with Gasteiger partial charge in [0.25, 0.3) is 5.91 Å². The summed E-state index contributed by atoms with van der Waals surface area (Å²) in [5.41, 5.74) is 10.6. The van der Waals surface area contributed by atoms with E-state index in [1.54, 1.807) is 0 Å². The molecule has 0 unspecified atom stereocenters. The van der Waals surface area contributed by atoms with E-state index in [9.17, 15) is 4.79 Å². The number of primary amides is 1. The summed E-state index contributed by atoms with van der Waals surface area (Å²) >= 11 is 0. The molecule has 5 heteroatoms. The lowest BCUT2D eigenvalue weighted by atomic mass is 10.3. The van der Waals surface area contributed by atoms with Gasteiger partial charge in [-0.2, -0.15) is 0 Å². The molecule has 1 heterocycles. The molecule has 1 rings (SSSR count). The Morgan fingerprint density at radius 3 is 2.75 bits per heavy atom. The van der Waals surface area contributed by atoms with Crippen molar-refractivity contribution in [3.8, 4) is 0 Å². The van der Waals surface area contributed by atoms with Crippen LogP contribution >= 0.6 is 0 Å². The van der Waals surface area contributed by atoms with Crippen molar-refractivity contribution in [2.24, 2.45) is 5.73 Å². The molecular formula is C7H10N4O. The van der Waals surface area contributed by atoms with Crippen molar-refractivity contribution in [2.75, 3.05) is 5.73 Å². The van der Waals surface area contributed by atoms with Crippen molar-refractivity contribution in [2.45, 2.75) is 13.3 Å². The van der Waals surface area contributed by atoms with Crippen LogP contribution in [0.25, 0.3) is 0 Å². The summed E-state index contributed by atoms with van der Waals surface area (Å²) in [6.07, 6.45) is 2.03. The number of carbonyl (C=O) groups excluding carboxylic acids is 1. The van der Waals surface area contributed by atoms with E-state index in [-0.39, 0.29) is 11.4 Å². The average Bonchev–Trinajstić information content (AvgIpc) is 2.03. The van der Waals surface area contributed by atoms with Crippen molar-refractivity contribution >= 4 is 11.7 Å². The maximum absolute atomic E-state index is 10.7. The Balaban J connectivity index is 3.12. The number of nitrogen functional groups attached to an aromatic ring is 1. The quantitative estimate of drug-likeness (QED) is 0.631. The number of carbonyl (C=O) groups is 1. The van der Waals surface area contributed by atoms with Gasteiger partial charge in [-0.25, -0.2) is 9.97 Å². The fraction of sp³-hybridized carbons (Fsp3) is 0.286. The molecule has 0 aliphatic heterocycles. The highest BCUT2D eigenvalue weighted by Crippen LogP contribution is 2.05. The van der Waals surface area contributed by atoms with Crippen LogP contribution in [0.3, 0.4) is 0 Å². The SMILES string of the molecule is CCc1ncc(C(N)=O)c(N)n1. The highest BCUT2D eigenvalue weighted by molar-refractivity contribution is 5.96. The van der Waals surface area contributed by atoms with Gasteiger partial charge in [-0.15, -0.1) is 0 Å². The summed E-state index contributed by atoms with van der Waals surface area (Å²) in [5, 5.41) is 0. The summed E-state index contributed by atoms with van der Waals surface area (Å²) in [6, 6.07) is 0. The van der Waals surface area contributed by atoms with E-state index >= 15 is 0 Å². The summed E-state index contributed by atoms with van der Waals surface area (Å²) in [7, 11) is 0. The summed E-state index contributed by atoms with van der Waals surface area (Å²) in [6.45, 7) is 1.90. The molecule has 0 atom stereocenters. The summed E-state index contributed by atoms with van der Waals surface area (Å²) in [4.78, 5) is 18.4. The van der Waals surface area contributed by atoms with E-state index in [1.165, 1.54) is 6.20 Å². The Morgan fingerprint density at radius 1 is 1.67 bits per heavy atom. The number of nitrogens with zero attached hydrogens (tertiary/aromatic N) is 2. The van der Waals surface area contributed by atoms with Crippen molar-refractivity contribution in [3.63, 3.8) is 0 Å². The minimum Gasteiger partial charge on any atom is -0.383 e. The lowest BCUT2D eigenvalue weighted by Crippen LogP contribution is -2.15. The van der Waals surface area contributed by atoms with Gasteiger partial charge >= 0.3 is 0 Å². The minimum atomic E-state index is -0.602. The van der Waals surface area contributed by atoms with Crippen LogP contribution in [-0.4, -0.2) is 15.9 Å². The van der Waals surface area contributed by atoms with Crippen molar-refractivity contribution < 1.29 is 4.79 Å². The molecule has 0 radical (unpaired) electrons. The van der Waals surface area contributed by atoms with Crippen LogP contribution in [0, 0.1) is 0 Å². The van der Waals surface area contributed by atoms with Gasteiger partial charge in [0.15, 0.2) is 0 Å². The van der Waals surface area contributed by atoms with E-state index in [1.807, 2.05) is 6.92 Å². The Labute approximate surface area is 69.8 Å². The highest BCUT2D eigenvalue weighted by atomic mass is 16.1. The smallest absolute Gasteiger partial charge is 0.254 e. The van der Waals surface area contributed by atoms with Gasteiger partial charge < -0.3 is 11.5 Å². The number of amides is 1. The van der Waals surface area contributed by atoms with Crippen LogP contribution < -0.4 is 11.5 Å². The Hall–Kier alpha value is -1.65. The second-order valence-corrected chi connectivity index (χ2v) is 2.30. The monoisotopic (exact) mass is 166 g/mol. The van der Waals surface area contributed by atoms with Gasteiger partial charge in [-0.05, 0) is 0 Å². The van der Waals surface area contributed by atoms with Gasteiger partial charge in [0, 0.05) is 12.6 Å². The first-order chi connectivity index (χ1) is 5.65. The largest absolute Gasteiger partial charge is 0.383 e. The molecule has 5 nitrogen and oxygen atoms in total. The number of nitrogens with two attached hydrogens (primary N) is 2. The summed E-state index contributed by atoms with van der Waals surface area (Å²) < 4.78 is 0. The Kier molecular flexibility index (Phi) is 2.23. The van der Waals surface area contributed by atoms with Crippen LogP contribution in [0.5, 0.6) is 0 Å². The third-order valence-electron chi connectivity index (χ3n) is 1.45. The molecule has 1 amide bonds. The maximum Gasteiger partial charge on any atom is 0.254 e. The molecule has 0 aliphatic carbocycles. The first kappa shape index (κ1) is 8.45. The van der Waals surface area contributed by atoms with Gasteiger partial charge in [0.05, 0.1) is 5.56 Å². The third kappa shape index (κ3) is 1.50. The van der Waals surface area contributed by atoms with E-state index < -0.39 is 5.91 Å². The molecule has 1 aromatic heterocycles. The lowest BCUT2D eigenvalue weighted by molar-refractivity contribution is 0.100. The third-order valence-corrected chi connectivity index (χ3v) is 1.45. The van der Waals surface area contributed by atoms with Crippen LogP contribution in [-0.2, 0) is 6.42 Å². The topological polar surface area (TPSA) is 94.9 Å². The first-order valence-corrected chi connectivity index (χ1v) is 3.56. The number of anilines is 1. The fourth-order valence-corrected chi connectivity index (χ4v) is 0.794. The zero-order chi connectivity index (χ0) is 9.14. The summed E-state index contributed by atoms with van der Waals surface area (Å²) in [5.74, 6) is 0.155. The first-order valence-electron chi connectivity index (χ1n) is 3.56. The molecule has 12 heavy (non-hydrogen) atoms. The molecule has 0 saturated carbocycles. The molecular weight excluding hydrogens is 156 g/mol. The van der Waals surface area contributed by atoms with Crippen molar-refractivity contribution in [1.82, 2.24) is 9.97 Å². The van der Waals surface area contributed by atoms with E-state index in [0.717, 1.165) is 0 Å². The number of aromatic nitrogens is 2. The number of hydrogen-bond acceptors (Lipinski definition) is 4. The standard InChI is InChI=1S/C7H10N4O/c1-2-5-10-3-4(7(9)12)6(8)11-5/h3H,2H2,1H3,(H2,9,12)(H2,8,10,11). The Bertz CT molecular complexity index is 310. The van der Waals surface area contributed by atoms with Crippen LogP contribution in [0.4, 0.5) is 5.82 Å². The van der Waals surface area contributed by atoms with E-state index in [4.69, 9.17) is 11.5 Å². The van der Waals surface area contributed by atoms with Crippen LogP contribution in [0.15, 0.2) is 6.20 Å². The zero-order valence-electron chi connectivity index (χ0n) is 6.74. The van der Waals surface area contributed by atoms with Gasteiger partial charge in [0.2, 0.25) is 0 Å². The second kappa shape index (κ2) is 3.17. The van der Waals surface area contributed by atoms with Gasteiger partial charge in [-0.1, -0.05) is 6.92 Å². The molecule has 0 aliphatic rings. The molecule has 0 spiro atoms. The fourth-order valence-electron chi connectivity index (χ4n) is 0.794. The van der Waals surface area contributed by atoms with Crippen LogP contribution in [0.1, 0.15) is 23.1 Å². The molecule has 4 N–H and O–H groups in total. The number of aryl methyl sites for hydroxylation is 1. The van der Waals surface area contributed by atoms with Crippen LogP contribution in [0.2, 0.25) is 0 Å². The molecule has 1 aromatic rings. The Morgan fingerprint density at radius 2 is 2.33 bits per heavy atom. The predicted molar refractivity (Wildman–Crippen MR) is 44.3 cm³/mol. The maximum atomic E-state index is 10.7. The number of hydrogen-bond donors (Lipinski definition) is 2. The highest BCUT2D eigenvalue weighted by Gasteiger charge is 2.07. The molecule has 0 bridgehead atoms. The van der Waals surface area contributed by atoms with E-state index in [2.05, 4.69) is 9.97 Å². The zero-order valence-corrected chi connectivity index (χ0v) is 6.74. The molecule has 0 saturated heterocycles. The predicted octanol–water partition coefficient (Wildman–Crippen LogP) is -0.280. The normalized spacial score (nSPS) is 9.75. The van der Waals surface area contributed by atoms with E-state index in [0.29, 0.717) is 12.2 Å². The van der Waals surface area contributed by atoms with Crippen molar-refractivity contribution in [1.29, 1.82) is 0 Å². The minimum absolute atomic E-state index is 0.148. The van der Waals surface area contributed by atoms with Gasteiger partial charge in [-0.3, -0.25) is 4.79 Å². The molecule has 0 fully saturated rings. The molecule has 64 valence electrons. The number of rotatable bonds is 2. The van der Waals surface area contributed by atoms with Gasteiger partial charge in [0.1, 0.15) is 11.6 Å². The van der Waals surface area contributed by atoms with Crippen molar-refractivity contribution in [3.05, 3.63) is 17.6 Å². The average molecular weight is 166 g/mol.